The van der Waals surface area contributed by atoms with Crippen molar-refractivity contribution in [3.05, 3.63) is 18.2 Å². The highest BCUT2D eigenvalue weighted by Crippen LogP contribution is 2.26. The first-order valence-corrected chi connectivity index (χ1v) is 7.40. The van der Waals surface area contributed by atoms with Crippen molar-refractivity contribution < 1.29 is 9.53 Å². The van der Waals surface area contributed by atoms with E-state index in [4.69, 9.17) is 4.74 Å². The monoisotopic (exact) mass is 279 g/mol. The highest BCUT2D eigenvalue weighted by molar-refractivity contribution is 5.67. The molecule has 0 aromatic carbocycles. The van der Waals surface area contributed by atoms with E-state index < -0.39 is 5.60 Å². The third kappa shape index (κ3) is 4.54. The van der Waals surface area contributed by atoms with Crippen LogP contribution in [0.15, 0.2) is 12.5 Å². The minimum absolute atomic E-state index is 0.383. The summed E-state index contributed by atoms with van der Waals surface area (Å²) in [5.41, 5.74) is 0.566. The summed E-state index contributed by atoms with van der Waals surface area (Å²) in [7, 11) is 0. The largest absolute Gasteiger partial charge is 0.444 e. The minimum Gasteiger partial charge on any atom is -0.444 e. The number of nitrogens with zero attached hydrogens (tertiary/aromatic N) is 2. The number of alkyl carbamates (subject to hydrolysis) is 1. The highest BCUT2D eigenvalue weighted by atomic mass is 16.6. The van der Waals surface area contributed by atoms with E-state index in [9.17, 15) is 4.79 Å². The third-order valence-electron chi connectivity index (χ3n) is 3.54. The molecule has 1 aromatic rings. The van der Waals surface area contributed by atoms with Crippen molar-refractivity contribution in [3.8, 4) is 0 Å². The van der Waals surface area contributed by atoms with Crippen molar-refractivity contribution in [2.24, 2.45) is 5.92 Å². The number of carbonyl (C=O) groups excluding carboxylic acids is 1. The van der Waals surface area contributed by atoms with Crippen LogP contribution in [0.3, 0.4) is 0 Å². The van der Waals surface area contributed by atoms with Gasteiger partial charge in [-0.3, -0.25) is 0 Å². The number of hydrogen-bond donors (Lipinski definition) is 1. The van der Waals surface area contributed by atoms with E-state index in [1.807, 2.05) is 33.3 Å². The predicted octanol–water partition coefficient (Wildman–Crippen LogP) is 3.10. The molecule has 0 unspecified atom stereocenters. The lowest BCUT2D eigenvalue weighted by molar-refractivity contribution is 0.0522. The summed E-state index contributed by atoms with van der Waals surface area (Å²) < 4.78 is 7.38. The van der Waals surface area contributed by atoms with Crippen LogP contribution in [-0.2, 0) is 17.8 Å². The van der Waals surface area contributed by atoms with E-state index >= 15 is 0 Å². The van der Waals surface area contributed by atoms with Gasteiger partial charge in [-0.25, -0.2) is 9.78 Å². The predicted molar refractivity (Wildman–Crippen MR) is 77.3 cm³/mol. The molecule has 1 fully saturated rings. The molecule has 1 N–H and O–H groups in total. The van der Waals surface area contributed by atoms with Gasteiger partial charge >= 0.3 is 6.09 Å². The molecule has 0 spiro atoms. The average Bonchev–Trinajstić information content (AvgIpc) is 2.96. The number of amides is 1. The summed E-state index contributed by atoms with van der Waals surface area (Å²) in [5, 5.41) is 2.78. The Morgan fingerprint density at radius 3 is 2.80 bits per heavy atom. The quantitative estimate of drug-likeness (QED) is 0.921. The second-order valence-corrected chi connectivity index (χ2v) is 6.54. The van der Waals surface area contributed by atoms with E-state index in [1.165, 1.54) is 25.7 Å². The van der Waals surface area contributed by atoms with Crippen molar-refractivity contribution in [2.45, 2.75) is 65.1 Å². The fraction of sp³-hybridized carbons (Fsp3) is 0.733. The average molecular weight is 279 g/mol. The molecule has 1 amide bonds. The molecule has 1 heterocycles. The first-order valence-electron chi connectivity index (χ1n) is 7.40. The number of nitrogens with one attached hydrogen (secondary N) is 1. The molecule has 1 aliphatic carbocycles. The summed E-state index contributed by atoms with van der Waals surface area (Å²) in [4.78, 5) is 15.8. The molecule has 0 atom stereocenters. The number of carbonyl (C=O) groups is 1. The lowest BCUT2D eigenvalue weighted by atomic mass is 10.1. The Kier molecular flexibility index (Phi) is 4.68. The second-order valence-electron chi connectivity index (χ2n) is 6.54. The Balaban J connectivity index is 1.84. The number of imidazole rings is 1. The number of ether oxygens (including phenoxy) is 1. The van der Waals surface area contributed by atoms with Gasteiger partial charge in [0.2, 0.25) is 0 Å². The maximum absolute atomic E-state index is 11.6. The van der Waals surface area contributed by atoms with Crippen molar-refractivity contribution >= 4 is 6.09 Å². The molecule has 2 rings (SSSR count). The molecule has 112 valence electrons. The SMILES string of the molecule is CC(C)(C)OC(=O)NCc1cncn1CC1CCCC1. The van der Waals surface area contributed by atoms with Crippen molar-refractivity contribution in [1.29, 1.82) is 0 Å². The molecule has 0 radical (unpaired) electrons. The molecule has 0 aliphatic heterocycles. The van der Waals surface area contributed by atoms with Crippen LogP contribution in [-0.4, -0.2) is 21.2 Å². The van der Waals surface area contributed by atoms with Crippen molar-refractivity contribution in [3.63, 3.8) is 0 Å². The fourth-order valence-electron chi connectivity index (χ4n) is 2.61. The molecule has 0 saturated heterocycles. The van der Waals surface area contributed by atoms with Crippen LogP contribution in [0.4, 0.5) is 4.79 Å². The summed E-state index contributed by atoms with van der Waals surface area (Å²) in [6, 6.07) is 0. The van der Waals surface area contributed by atoms with Crippen LogP contribution in [0.2, 0.25) is 0 Å². The van der Waals surface area contributed by atoms with E-state index in [1.54, 1.807) is 0 Å². The molecule has 0 bridgehead atoms. The molecular weight excluding hydrogens is 254 g/mol. The van der Waals surface area contributed by atoms with E-state index in [0.29, 0.717) is 6.54 Å². The van der Waals surface area contributed by atoms with Gasteiger partial charge in [0.25, 0.3) is 0 Å². The van der Waals surface area contributed by atoms with Crippen molar-refractivity contribution in [2.75, 3.05) is 0 Å². The Morgan fingerprint density at radius 1 is 1.45 bits per heavy atom. The zero-order valence-electron chi connectivity index (χ0n) is 12.7. The molecular formula is C15H25N3O2. The molecule has 5 heteroatoms. The number of rotatable bonds is 4. The second kappa shape index (κ2) is 6.29. The lowest BCUT2D eigenvalue weighted by Gasteiger charge is -2.20. The molecule has 20 heavy (non-hydrogen) atoms. The van der Waals surface area contributed by atoms with Gasteiger partial charge in [-0.15, -0.1) is 0 Å². The molecule has 1 saturated carbocycles. The van der Waals surface area contributed by atoms with Crippen LogP contribution in [0, 0.1) is 5.92 Å². The standard InChI is InChI=1S/C15H25N3O2/c1-15(2,3)20-14(19)17-9-13-8-16-11-18(13)10-12-6-4-5-7-12/h8,11-12H,4-7,9-10H2,1-3H3,(H,17,19). The van der Waals surface area contributed by atoms with Crippen LogP contribution in [0.5, 0.6) is 0 Å². The number of hydrogen-bond acceptors (Lipinski definition) is 3. The van der Waals surface area contributed by atoms with Gasteiger partial charge in [0.05, 0.1) is 18.6 Å². The Morgan fingerprint density at radius 2 is 2.15 bits per heavy atom. The Bertz CT molecular complexity index is 442. The summed E-state index contributed by atoms with van der Waals surface area (Å²) in [6.45, 7) is 7.04. The number of aromatic nitrogens is 2. The zero-order valence-corrected chi connectivity index (χ0v) is 12.7. The van der Waals surface area contributed by atoms with Gasteiger partial charge < -0.3 is 14.6 Å². The highest BCUT2D eigenvalue weighted by Gasteiger charge is 2.18. The Labute approximate surface area is 120 Å². The zero-order chi connectivity index (χ0) is 14.6. The first-order chi connectivity index (χ1) is 9.44. The maximum Gasteiger partial charge on any atom is 0.407 e. The van der Waals surface area contributed by atoms with E-state index in [2.05, 4.69) is 14.9 Å². The minimum atomic E-state index is -0.464. The van der Waals surface area contributed by atoms with Crippen LogP contribution >= 0.6 is 0 Å². The van der Waals surface area contributed by atoms with Gasteiger partial charge in [-0.1, -0.05) is 12.8 Å². The fourth-order valence-corrected chi connectivity index (χ4v) is 2.61. The molecule has 1 aliphatic rings. The summed E-state index contributed by atoms with van der Waals surface area (Å²) in [6.07, 6.45) is 8.56. The van der Waals surface area contributed by atoms with E-state index in [-0.39, 0.29) is 6.09 Å². The lowest BCUT2D eigenvalue weighted by Crippen LogP contribution is -2.32. The van der Waals surface area contributed by atoms with Crippen LogP contribution in [0.1, 0.15) is 52.1 Å². The summed E-state index contributed by atoms with van der Waals surface area (Å²) >= 11 is 0. The van der Waals surface area contributed by atoms with Gasteiger partial charge in [0, 0.05) is 12.7 Å². The topological polar surface area (TPSA) is 56.1 Å². The normalized spacial score (nSPS) is 16.4. The van der Waals surface area contributed by atoms with Gasteiger partial charge in [0.15, 0.2) is 0 Å². The van der Waals surface area contributed by atoms with Crippen LogP contribution in [0.25, 0.3) is 0 Å². The van der Waals surface area contributed by atoms with Gasteiger partial charge in [0.1, 0.15) is 5.60 Å². The van der Waals surface area contributed by atoms with Crippen molar-refractivity contribution in [1.82, 2.24) is 14.9 Å². The summed E-state index contributed by atoms with van der Waals surface area (Å²) in [5.74, 6) is 0.754. The van der Waals surface area contributed by atoms with Crippen LogP contribution < -0.4 is 5.32 Å². The Hall–Kier alpha value is -1.52. The third-order valence-corrected chi connectivity index (χ3v) is 3.54. The van der Waals surface area contributed by atoms with E-state index in [0.717, 1.165) is 18.2 Å². The molecule has 1 aromatic heterocycles. The molecule has 5 nitrogen and oxygen atoms in total. The maximum atomic E-state index is 11.6. The van der Waals surface area contributed by atoms with Gasteiger partial charge in [-0.2, -0.15) is 0 Å². The van der Waals surface area contributed by atoms with Gasteiger partial charge in [-0.05, 0) is 39.5 Å². The first kappa shape index (κ1) is 14.9. The smallest absolute Gasteiger partial charge is 0.407 e.